The van der Waals surface area contributed by atoms with Crippen molar-refractivity contribution >= 4 is 58.3 Å². The van der Waals surface area contributed by atoms with Gasteiger partial charge in [-0.2, -0.15) is 0 Å². The number of fused-ring (bicyclic) bond motifs is 1. The van der Waals surface area contributed by atoms with Crippen molar-refractivity contribution in [3.05, 3.63) is 81.5 Å². The first-order chi connectivity index (χ1) is 28.0. The molecule has 1 unspecified atom stereocenters. The Balaban J connectivity index is 0.764. The van der Waals surface area contributed by atoms with E-state index < -0.39 is 35.5 Å². The summed E-state index contributed by atoms with van der Waals surface area (Å²) in [4.78, 5) is 74.1. The molecular formula is C41H43ClFN9O6. The van der Waals surface area contributed by atoms with Crippen molar-refractivity contribution in [2.75, 3.05) is 55.6 Å². The minimum absolute atomic E-state index is 0.0107. The molecule has 302 valence electrons. The normalized spacial score (nSPS) is 23.1. The molecular weight excluding hydrogens is 769 g/mol. The van der Waals surface area contributed by atoms with Crippen LogP contribution in [0.3, 0.4) is 0 Å². The van der Waals surface area contributed by atoms with E-state index in [1.165, 1.54) is 6.07 Å². The summed E-state index contributed by atoms with van der Waals surface area (Å²) < 4.78 is 21.5. The number of hydrogen-bond donors (Lipinski definition) is 2. The van der Waals surface area contributed by atoms with Gasteiger partial charge in [0.05, 0.1) is 34.5 Å². The zero-order chi connectivity index (χ0) is 40.5. The van der Waals surface area contributed by atoms with Crippen LogP contribution in [-0.2, 0) is 9.59 Å². The molecule has 5 amide bonds. The van der Waals surface area contributed by atoms with Gasteiger partial charge in [0, 0.05) is 58.3 Å². The highest BCUT2D eigenvalue weighted by atomic mass is 35.5. The van der Waals surface area contributed by atoms with Crippen LogP contribution in [0.25, 0.3) is 4.85 Å². The molecule has 1 aliphatic carbocycles. The van der Waals surface area contributed by atoms with Crippen LogP contribution >= 0.6 is 11.6 Å². The summed E-state index contributed by atoms with van der Waals surface area (Å²) in [5, 5.41) is 14.3. The van der Waals surface area contributed by atoms with Crippen LogP contribution < -0.4 is 25.2 Å². The number of anilines is 2. The van der Waals surface area contributed by atoms with Gasteiger partial charge in [0.15, 0.2) is 11.5 Å². The zero-order valence-electron chi connectivity index (χ0n) is 31.8. The van der Waals surface area contributed by atoms with Crippen LogP contribution in [0.1, 0.15) is 82.6 Å². The van der Waals surface area contributed by atoms with Gasteiger partial charge in [0.2, 0.25) is 17.5 Å². The molecule has 0 radical (unpaired) electrons. The van der Waals surface area contributed by atoms with Gasteiger partial charge < -0.3 is 19.9 Å². The molecule has 4 aliphatic heterocycles. The van der Waals surface area contributed by atoms with Gasteiger partial charge >= 0.3 is 0 Å². The SMILES string of the molecule is [C-]#[N+]c1ccc(OC2CCC(NC(=O)c3ccc(N4CCC(CN5CCN(c6cc7c(cc6F)C(=O)N(C6CCC(=O)NC6=O)C7=O)CC5)CC4)nn3)CC2)cc1Cl. The number of nitrogens with one attached hydrogen (secondary N) is 2. The van der Waals surface area contributed by atoms with Gasteiger partial charge in [-0.15, -0.1) is 10.2 Å². The molecule has 58 heavy (non-hydrogen) atoms. The summed E-state index contributed by atoms with van der Waals surface area (Å²) in [6.07, 6.45) is 5.10. The molecule has 2 aromatic carbocycles. The summed E-state index contributed by atoms with van der Waals surface area (Å²) >= 11 is 6.15. The number of nitrogens with zero attached hydrogens (tertiary/aromatic N) is 7. The van der Waals surface area contributed by atoms with Crippen molar-refractivity contribution in [3.8, 4) is 5.75 Å². The predicted molar refractivity (Wildman–Crippen MR) is 211 cm³/mol. The molecule has 4 fully saturated rings. The van der Waals surface area contributed by atoms with Gasteiger partial charge in [0.1, 0.15) is 17.6 Å². The number of aromatic nitrogens is 2. The van der Waals surface area contributed by atoms with E-state index in [2.05, 4.69) is 35.5 Å². The minimum Gasteiger partial charge on any atom is -0.490 e. The second-order valence-corrected chi connectivity index (χ2v) is 16.0. The number of rotatable bonds is 9. The Hall–Kier alpha value is -5.66. The highest BCUT2D eigenvalue weighted by Gasteiger charge is 2.45. The number of halogens is 2. The van der Waals surface area contributed by atoms with Crippen molar-refractivity contribution in [1.82, 2.24) is 30.6 Å². The van der Waals surface area contributed by atoms with Crippen LogP contribution in [0.2, 0.25) is 5.02 Å². The molecule has 1 atom stereocenters. The molecule has 8 rings (SSSR count). The van der Waals surface area contributed by atoms with E-state index in [1.807, 2.05) is 11.0 Å². The van der Waals surface area contributed by atoms with Crippen molar-refractivity contribution in [2.24, 2.45) is 5.92 Å². The topological polar surface area (TPSA) is 162 Å². The van der Waals surface area contributed by atoms with Crippen molar-refractivity contribution < 1.29 is 33.1 Å². The van der Waals surface area contributed by atoms with Gasteiger partial charge in [-0.25, -0.2) is 9.24 Å². The average Bonchev–Trinajstić information content (AvgIpc) is 3.46. The quantitative estimate of drug-likeness (QED) is 0.233. The Bertz CT molecular complexity index is 2160. The van der Waals surface area contributed by atoms with E-state index in [0.717, 1.165) is 74.9 Å². The first kappa shape index (κ1) is 39.2. The maximum absolute atomic E-state index is 15.4. The third-order valence-corrected chi connectivity index (χ3v) is 12.2. The lowest BCUT2D eigenvalue weighted by atomic mass is 9.93. The average molecular weight is 812 g/mol. The third-order valence-electron chi connectivity index (χ3n) is 11.9. The summed E-state index contributed by atoms with van der Waals surface area (Å²) in [5.41, 5.74) is 0.921. The van der Waals surface area contributed by atoms with Crippen LogP contribution in [0, 0.1) is 18.3 Å². The zero-order valence-corrected chi connectivity index (χ0v) is 32.5. The largest absolute Gasteiger partial charge is 0.490 e. The Kier molecular flexibility index (Phi) is 11.3. The van der Waals surface area contributed by atoms with Crippen LogP contribution in [-0.4, -0.2) is 114 Å². The summed E-state index contributed by atoms with van der Waals surface area (Å²) in [6, 6.07) is 10.1. The molecule has 1 aromatic heterocycles. The lowest BCUT2D eigenvalue weighted by molar-refractivity contribution is -0.136. The number of carbonyl (C=O) groups is 5. The van der Waals surface area contributed by atoms with Gasteiger partial charge in [-0.1, -0.05) is 17.7 Å². The smallest absolute Gasteiger partial charge is 0.272 e. The number of imide groups is 2. The Morgan fingerprint density at radius 3 is 2.26 bits per heavy atom. The number of hydrogen-bond acceptors (Lipinski definition) is 11. The Labute approximate surface area is 339 Å². The maximum Gasteiger partial charge on any atom is 0.272 e. The molecule has 5 aliphatic rings. The lowest BCUT2D eigenvalue weighted by Crippen LogP contribution is -2.54. The molecule has 0 spiro atoms. The van der Waals surface area contributed by atoms with Crippen LogP contribution in [0.5, 0.6) is 5.75 Å². The van der Waals surface area contributed by atoms with Gasteiger partial charge in [-0.3, -0.25) is 39.1 Å². The van der Waals surface area contributed by atoms with E-state index >= 15 is 4.39 Å². The molecule has 1 saturated carbocycles. The Morgan fingerprint density at radius 1 is 0.879 bits per heavy atom. The number of carbonyl (C=O) groups excluding carboxylic acids is 5. The fourth-order valence-corrected chi connectivity index (χ4v) is 8.86. The number of ether oxygens (including phenoxy) is 1. The fraction of sp³-hybridized carbons (Fsp3) is 0.463. The second kappa shape index (κ2) is 16.7. The van der Waals surface area contributed by atoms with Crippen molar-refractivity contribution in [3.63, 3.8) is 0 Å². The molecule has 0 bridgehead atoms. The predicted octanol–water partition coefficient (Wildman–Crippen LogP) is 4.38. The number of benzene rings is 2. The van der Waals surface area contributed by atoms with E-state index in [0.29, 0.717) is 48.6 Å². The molecule has 17 heteroatoms. The van der Waals surface area contributed by atoms with Crippen molar-refractivity contribution in [1.29, 1.82) is 0 Å². The molecule has 15 nitrogen and oxygen atoms in total. The highest BCUT2D eigenvalue weighted by Crippen LogP contribution is 2.34. The van der Waals surface area contributed by atoms with E-state index in [4.69, 9.17) is 22.9 Å². The van der Waals surface area contributed by atoms with E-state index in [-0.39, 0.29) is 53.4 Å². The molecule has 3 saturated heterocycles. The molecule has 3 aromatic rings. The maximum atomic E-state index is 15.4. The fourth-order valence-electron chi connectivity index (χ4n) is 8.65. The summed E-state index contributed by atoms with van der Waals surface area (Å²) in [7, 11) is 0. The van der Waals surface area contributed by atoms with Crippen LogP contribution in [0.4, 0.5) is 21.6 Å². The summed E-state index contributed by atoms with van der Waals surface area (Å²) in [6.45, 7) is 12.2. The third kappa shape index (κ3) is 8.19. The van der Waals surface area contributed by atoms with E-state index in [1.54, 1.807) is 24.3 Å². The first-order valence-electron chi connectivity index (χ1n) is 19.8. The summed E-state index contributed by atoms with van der Waals surface area (Å²) in [5.74, 6) is -1.53. The first-order valence-corrected chi connectivity index (χ1v) is 20.2. The monoisotopic (exact) mass is 811 g/mol. The lowest BCUT2D eigenvalue weighted by Gasteiger charge is -2.39. The van der Waals surface area contributed by atoms with Gasteiger partial charge in [0.25, 0.3) is 17.7 Å². The highest BCUT2D eigenvalue weighted by molar-refractivity contribution is 6.33. The number of piperidine rings is 2. The standard InChI is InChI=1S/C41H43ClFN9O6/c1-44-32-7-6-27(20-30(32)42)58-26-4-2-25(3-5-26)45-38(54)33-8-10-36(48-47-33)51-14-12-24(13-15-51)23-49-16-18-50(19-17-49)35-22-29-28(21-31(35)43)40(56)52(41(29)57)34-9-11-37(53)46-39(34)55/h6-8,10,20-22,24-26,34H,2-5,9,11-19,23H2,(H,45,54)(H,46,53,55). The van der Waals surface area contributed by atoms with Crippen molar-refractivity contribution in [2.45, 2.75) is 69.6 Å². The minimum atomic E-state index is -1.10. The molecule has 5 heterocycles. The van der Waals surface area contributed by atoms with Crippen LogP contribution in [0.15, 0.2) is 42.5 Å². The number of piperazine rings is 1. The van der Waals surface area contributed by atoms with Gasteiger partial charge in [-0.05, 0) is 87.3 Å². The van der Waals surface area contributed by atoms with E-state index in [9.17, 15) is 24.0 Å². The molecule has 2 N–H and O–H groups in total. The Morgan fingerprint density at radius 2 is 1.60 bits per heavy atom. The second-order valence-electron chi connectivity index (χ2n) is 15.6. The number of amides is 5.